The minimum Gasteiger partial charge on any atom is -0.356 e. The van der Waals surface area contributed by atoms with Crippen LogP contribution in [0.15, 0.2) is 36.5 Å². The number of H-pyrrole nitrogens is 1. The van der Waals surface area contributed by atoms with Crippen LogP contribution in [-0.2, 0) is 24.9 Å². The Bertz CT molecular complexity index is 1150. The Hall–Kier alpha value is -2.77. The molecule has 35 heavy (non-hydrogen) atoms. The van der Waals surface area contributed by atoms with Crippen molar-refractivity contribution in [3.8, 4) is 11.3 Å². The Kier molecular flexibility index (Phi) is 6.29. The summed E-state index contributed by atoms with van der Waals surface area (Å²) in [4.78, 5) is 12.9. The molecule has 7 heteroatoms. The van der Waals surface area contributed by atoms with Crippen molar-refractivity contribution in [2.45, 2.75) is 82.3 Å². The summed E-state index contributed by atoms with van der Waals surface area (Å²) in [5.74, 6) is 2.03. The minimum absolute atomic E-state index is 0.137. The molecule has 4 N–H and O–H groups in total. The number of hydrogen-bond acceptors (Lipinski definition) is 6. The molecule has 184 valence electrons. The van der Waals surface area contributed by atoms with Gasteiger partial charge in [-0.25, -0.2) is 9.97 Å². The summed E-state index contributed by atoms with van der Waals surface area (Å²) >= 11 is 0. The van der Waals surface area contributed by atoms with Gasteiger partial charge in [0.2, 0.25) is 0 Å². The molecule has 2 aliphatic carbocycles. The molecule has 0 amide bonds. The molecular formula is C28H37N7. The largest absolute Gasteiger partial charge is 0.356 e. The fourth-order valence-electron chi connectivity index (χ4n) is 6.28. The molecule has 0 radical (unpaired) electrons. The summed E-state index contributed by atoms with van der Waals surface area (Å²) < 4.78 is 0. The Labute approximate surface area is 207 Å². The van der Waals surface area contributed by atoms with Gasteiger partial charge in [0.15, 0.2) is 5.82 Å². The molecule has 2 fully saturated rings. The van der Waals surface area contributed by atoms with Gasteiger partial charge in [0.1, 0.15) is 5.82 Å². The van der Waals surface area contributed by atoms with Crippen LogP contribution in [0.5, 0.6) is 0 Å². The van der Waals surface area contributed by atoms with Gasteiger partial charge >= 0.3 is 0 Å². The van der Waals surface area contributed by atoms with Gasteiger partial charge in [0.25, 0.3) is 0 Å². The van der Waals surface area contributed by atoms with Crippen LogP contribution in [0, 0.1) is 0 Å². The van der Waals surface area contributed by atoms with Crippen LogP contribution >= 0.6 is 0 Å². The predicted molar refractivity (Wildman–Crippen MR) is 139 cm³/mol. The number of fused-ring (bicyclic) bond motifs is 1. The average molecular weight is 472 g/mol. The minimum atomic E-state index is -0.547. The van der Waals surface area contributed by atoms with E-state index >= 15 is 0 Å². The van der Waals surface area contributed by atoms with Gasteiger partial charge in [-0.2, -0.15) is 5.10 Å². The Balaban J connectivity index is 1.26. The van der Waals surface area contributed by atoms with Crippen LogP contribution in [0.2, 0.25) is 0 Å². The smallest absolute Gasteiger partial charge is 0.152 e. The van der Waals surface area contributed by atoms with E-state index in [-0.39, 0.29) is 6.04 Å². The summed E-state index contributed by atoms with van der Waals surface area (Å²) in [5.41, 5.74) is 12.6. The van der Waals surface area contributed by atoms with E-state index in [0.717, 1.165) is 67.8 Å². The second-order valence-electron chi connectivity index (χ2n) is 10.5. The molecule has 1 saturated heterocycles. The molecule has 0 bridgehead atoms. The highest BCUT2D eigenvalue weighted by Gasteiger charge is 2.44. The van der Waals surface area contributed by atoms with Crippen LogP contribution in [0.25, 0.3) is 11.3 Å². The predicted octanol–water partition coefficient (Wildman–Crippen LogP) is 4.23. The standard InChI is InChI=1S/C28H37N7/c29-28(27-32-23-13-8-12-22(23)26(33-27)35-16-6-1-2-7-17-35)15-9-14-24(28)30-18-21-19-31-34-25(21)20-10-4-3-5-11-20/h3-5,10-11,19,24,30H,1-2,6-9,12-18,29H2,(H,31,34). The van der Waals surface area contributed by atoms with E-state index in [9.17, 15) is 0 Å². The molecule has 3 heterocycles. The monoisotopic (exact) mass is 471 g/mol. The average Bonchev–Trinajstić information content (AvgIpc) is 3.59. The third kappa shape index (κ3) is 4.36. The number of aryl methyl sites for hydroxylation is 1. The molecule has 2 atom stereocenters. The number of nitrogens with two attached hydrogens (primary N) is 1. The maximum Gasteiger partial charge on any atom is 0.152 e. The van der Waals surface area contributed by atoms with Crippen LogP contribution in [0.1, 0.15) is 74.0 Å². The van der Waals surface area contributed by atoms with Crippen molar-refractivity contribution in [3.63, 3.8) is 0 Å². The lowest BCUT2D eigenvalue weighted by Crippen LogP contribution is -2.52. The molecular weight excluding hydrogens is 434 g/mol. The third-order valence-electron chi connectivity index (χ3n) is 8.24. The number of anilines is 1. The summed E-state index contributed by atoms with van der Waals surface area (Å²) in [6, 6.07) is 10.5. The van der Waals surface area contributed by atoms with E-state index in [1.165, 1.54) is 49.2 Å². The zero-order chi connectivity index (χ0) is 23.7. The van der Waals surface area contributed by atoms with Crippen molar-refractivity contribution in [1.29, 1.82) is 0 Å². The van der Waals surface area contributed by atoms with Gasteiger partial charge < -0.3 is 16.0 Å². The molecule has 3 aliphatic rings. The normalized spacial score (nSPS) is 24.5. The topological polar surface area (TPSA) is 95.7 Å². The lowest BCUT2D eigenvalue weighted by Gasteiger charge is -2.33. The number of hydrogen-bond donors (Lipinski definition) is 3. The molecule has 1 aliphatic heterocycles. The second kappa shape index (κ2) is 9.70. The van der Waals surface area contributed by atoms with Crippen LogP contribution in [0.4, 0.5) is 5.82 Å². The lowest BCUT2D eigenvalue weighted by atomic mass is 9.92. The molecule has 2 unspecified atom stereocenters. The highest BCUT2D eigenvalue weighted by atomic mass is 15.2. The van der Waals surface area contributed by atoms with Crippen LogP contribution < -0.4 is 16.0 Å². The van der Waals surface area contributed by atoms with E-state index in [0.29, 0.717) is 6.54 Å². The van der Waals surface area contributed by atoms with Crippen molar-refractivity contribution in [2.24, 2.45) is 5.73 Å². The number of rotatable bonds is 6. The van der Waals surface area contributed by atoms with E-state index in [2.05, 4.69) is 44.7 Å². The molecule has 1 aromatic carbocycles. The summed E-state index contributed by atoms with van der Waals surface area (Å²) in [6.45, 7) is 2.92. The van der Waals surface area contributed by atoms with Crippen molar-refractivity contribution in [1.82, 2.24) is 25.5 Å². The van der Waals surface area contributed by atoms with Gasteiger partial charge in [-0.05, 0) is 51.4 Å². The first-order valence-electron chi connectivity index (χ1n) is 13.5. The van der Waals surface area contributed by atoms with Gasteiger partial charge in [-0.15, -0.1) is 0 Å². The van der Waals surface area contributed by atoms with Crippen molar-refractivity contribution < 1.29 is 0 Å². The molecule has 2 aromatic heterocycles. The quantitative estimate of drug-likeness (QED) is 0.498. The first kappa shape index (κ1) is 22.7. The van der Waals surface area contributed by atoms with Crippen LogP contribution in [-0.4, -0.2) is 39.3 Å². The van der Waals surface area contributed by atoms with E-state index in [1.807, 2.05) is 12.3 Å². The number of aromatic amines is 1. The highest BCUT2D eigenvalue weighted by Crippen LogP contribution is 2.39. The maximum atomic E-state index is 7.21. The first-order valence-corrected chi connectivity index (χ1v) is 13.5. The van der Waals surface area contributed by atoms with E-state index in [1.54, 1.807) is 0 Å². The van der Waals surface area contributed by atoms with Gasteiger partial charge in [0.05, 0.1) is 11.2 Å². The number of aromatic nitrogens is 4. The Morgan fingerprint density at radius 1 is 1.00 bits per heavy atom. The van der Waals surface area contributed by atoms with Crippen LogP contribution in [0.3, 0.4) is 0 Å². The fraction of sp³-hybridized carbons (Fsp3) is 0.536. The molecule has 3 aromatic rings. The Morgan fingerprint density at radius 2 is 1.83 bits per heavy atom. The van der Waals surface area contributed by atoms with Gasteiger partial charge in [-0.3, -0.25) is 5.10 Å². The lowest BCUT2D eigenvalue weighted by molar-refractivity contribution is 0.324. The number of benzene rings is 1. The zero-order valence-electron chi connectivity index (χ0n) is 20.6. The summed E-state index contributed by atoms with van der Waals surface area (Å²) in [5, 5.41) is 11.3. The van der Waals surface area contributed by atoms with E-state index in [4.69, 9.17) is 15.7 Å². The molecule has 7 nitrogen and oxygen atoms in total. The van der Waals surface area contributed by atoms with Crippen molar-refractivity contribution in [3.05, 3.63) is 59.2 Å². The molecule has 0 spiro atoms. The Morgan fingerprint density at radius 3 is 2.66 bits per heavy atom. The maximum absolute atomic E-state index is 7.21. The molecule has 1 saturated carbocycles. The SMILES string of the molecule is NC1(c2nc3c(c(N4CCCCCC4)n2)CCC3)CCCC1NCc1c[nH]nc1-c1ccccc1. The number of nitrogens with one attached hydrogen (secondary N) is 2. The summed E-state index contributed by atoms with van der Waals surface area (Å²) in [7, 11) is 0. The highest BCUT2D eigenvalue weighted by molar-refractivity contribution is 5.62. The fourth-order valence-corrected chi connectivity index (χ4v) is 6.28. The molecule has 6 rings (SSSR count). The summed E-state index contributed by atoms with van der Waals surface area (Å²) in [6.07, 6.45) is 13.5. The van der Waals surface area contributed by atoms with Crippen molar-refractivity contribution in [2.75, 3.05) is 18.0 Å². The van der Waals surface area contributed by atoms with Gasteiger partial charge in [-0.1, -0.05) is 43.2 Å². The van der Waals surface area contributed by atoms with Crippen molar-refractivity contribution >= 4 is 5.82 Å². The third-order valence-corrected chi connectivity index (χ3v) is 8.24. The zero-order valence-corrected chi connectivity index (χ0v) is 20.6. The van der Waals surface area contributed by atoms with E-state index < -0.39 is 5.54 Å². The number of nitrogens with zero attached hydrogens (tertiary/aromatic N) is 4. The van der Waals surface area contributed by atoms with Gasteiger partial charge in [0, 0.05) is 54.3 Å². The second-order valence-corrected chi connectivity index (χ2v) is 10.5. The first-order chi connectivity index (χ1) is 17.2.